The van der Waals surface area contributed by atoms with E-state index in [-0.39, 0.29) is 17.7 Å². The Hall–Kier alpha value is -1.74. The maximum absolute atomic E-state index is 14.3. The summed E-state index contributed by atoms with van der Waals surface area (Å²) >= 11 is 0. The van der Waals surface area contributed by atoms with Crippen molar-refractivity contribution in [2.45, 2.75) is 26.8 Å². The van der Waals surface area contributed by atoms with E-state index in [1.54, 1.807) is 7.05 Å². The van der Waals surface area contributed by atoms with Gasteiger partial charge in [-0.2, -0.15) is 0 Å². The molecule has 0 heterocycles. The summed E-state index contributed by atoms with van der Waals surface area (Å²) in [5.74, 6) is -0.561. The molecule has 1 N–H and O–H groups in total. The molecule has 0 radical (unpaired) electrons. The molecule has 0 bridgehead atoms. The van der Waals surface area contributed by atoms with Crippen LogP contribution in [0.15, 0.2) is 30.3 Å². The van der Waals surface area contributed by atoms with Gasteiger partial charge in [0.2, 0.25) is 0 Å². The maximum atomic E-state index is 14.3. The largest absolute Gasteiger partial charge is 0.309 e. The minimum Gasteiger partial charge on any atom is -0.309 e. The van der Waals surface area contributed by atoms with Crippen LogP contribution >= 0.6 is 0 Å². The first-order chi connectivity index (χ1) is 9.42. The third kappa shape index (κ3) is 2.88. The monoisotopic (exact) mass is 275 g/mol. The number of halogens is 2. The highest BCUT2D eigenvalue weighted by atomic mass is 19.1. The van der Waals surface area contributed by atoms with Gasteiger partial charge in [0.1, 0.15) is 11.6 Å². The van der Waals surface area contributed by atoms with Crippen LogP contribution in [0.3, 0.4) is 0 Å². The average Bonchev–Trinajstić information content (AvgIpc) is 2.32. The first-order valence-electron chi connectivity index (χ1n) is 6.63. The van der Waals surface area contributed by atoms with Gasteiger partial charge < -0.3 is 5.32 Å². The predicted octanol–water partition coefficient (Wildman–Crippen LogP) is 4.20. The Morgan fingerprint density at radius 2 is 1.55 bits per heavy atom. The van der Waals surface area contributed by atoms with Gasteiger partial charge in [-0.1, -0.05) is 12.1 Å². The molecule has 0 aliphatic heterocycles. The van der Waals surface area contributed by atoms with Crippen molar-refractivity contribution in [1.29, 1.82) is 0 Å². The van der Waals surface area contributed by atoms with E-state index in [2.05, 4.69) is 5.32 Å². The Morgan fingerprint density at radius 1 is 0.900 bits per heavy atom. The van der Waals surface area contributed by atoms with Gasteiger partial charge in [-0.3, -0.25) is 0 Å². The molecule has 0 aromatic heterocycles. The summed E-state index contributed by atoms with van der Waals surface area (Å²) in [6.07, 6.45) is 0. The van der Waals surface area contributed by atoms with E-state index < -0.39 is 0 Å². The van der Waals surface area contributed by atoms with Gasteiger partial charge in [0, 0.05) is 5.56 Å². The van der Waals surface area contributed by atoms with Gasteiger partial charge in [-0.15, -0.1) is 0 Å². The smallest absolute Gasteiger partial charge is 0.128 e. The van der Waals surface area contributed by atoms with Crippen LogP contribution in [-0.4, -0.2) is 7.05 Å². The minimum absolute atomic E-state index is 0.260. The molecular formula is C17H19F2N. The second-order valence-corrected chi connectivity index (χ2v) is 5.26. The molecule has 1 unspecified atom stereocenters. The summed E-state index contributed by atoms with van der Waals surface area (Å²) in [5.41, 5.74) is 3.88. The highest BCUT2D eigenvalue weighted by Crippen LogP contribution is 2.29. The zero-order chi connectivity index (χ0) is 14.9. The first kappa shape index (κ1) is 14.7. The fourth-order valence-corrected chi connectivity index (χ4v) is 2.70. The molecule has 0 aliphatic rings. The summed E-state index contributed by atoms with van der Waals surface area (Å²) in [7, 11) is 1.75. The molecule has 0 fully saturated rings. The third-order valence-electron chi connectivity index (χ3n) is 3.46. The van der Waals surface area contributed by atoms with Crippen molar-refractivity contribution < 1.29 is 8.78 Å². The maximum Gasteiger partial charge on any atom is 0.128 e. The number of hydrogen-bond donors (Lipinski definition) is 1. The fraction of sp³-hybridized carbons (Fsp3) is 0.294. The van der Waals surface area contributed by atoms with Crippen molar-refractivity contribution in [1.82, 2.24) is 5.32 Å². The lowest BCUT2D eigenvalue weighted by atomic mass is 9.92. The summed E-state index contributed by atoms with van der Waals surface area (Å²) in [4.78, 5) is 0. The number of rotatable bonds is 3. The Labute approximate surface area is 118 Å². The van der Waals surface area contributed by atoms with Crippen molar-refractivity contribution in [2.75, 3.05) is 7.05 Å². The molecule has 106 valence electrons. The predicted molar refractivity (Wildman–Crippen MR) is 77.9 cm³/mol. The highest BCUT2D eigenvalue weighted by molar-refractivity contribution is 5.41. The van der Waals surface area contributed by atoms with Crippen LogP contribution in [0.5, 0.6) is 0 Å². The Kier molecular flexibility index (Phi) is 4.19. The van der Waals surface area contributed by atoms with Crippen molar-refractivity contribution in [3.8, 4) is 0 Å². The summed E-state index contributed by atoms with van der Waals surface area (Å²) < 4.78 is 27.9. The van der Waals surface area contributed by atoms with E-state index in [9.17, 15) is 8.78 Å². The van der Waals surface area contributed by atoms with E-state index in [1.807, 2.05) is 32.9 Å². The van der Waals surface area contributed by atoms with Gasteiger partial charge >= 0.3 is 0 Å². The molecule has 1 atom stereocenters. The Balaban J connectivity index is 2.58. The summed E-state index contributed by atoms with van der Waals surface area (Å²) in [6, 6.07) is 7.89. The molecule has 2 aromatic carbocycles. The zero-order valence-electron chi connectivity index (χ0n) is 12.2. The van der Waals surface area contributed by atoms with E-state index in [0.29, 0.717) is 5.56 Å². The molecule has 20 heavy (non-hydrogen) atoms. The Bertz CT molecular complexity index is 592. The molecule has 3 heteroatoms. The van der Waals surface area contributed by atoms with Crippen LogP contribution < -0.4 is 5.32 Å². The number of nitrogens with one attached hydrogen (secondary N) is 1. The second-order valence-electron chi connectivity index (χ2n) is 5.26. The van der Waals surface area contributed by atoms with Crippen LogP contribution in [0.4, 0.5) is 8.78 Å². The number of benzene rings is 2. The van der Waals surface area contributed by atoms with Gasteiger partial charge in [0.25, 0.3) is 0 Å². The van der Waals surface area contributed by atoms with Gasteiger partial charge in [-0.05, 0) is 68.3 Å². The molecule has 0 spiro atoms. The number of hydrogen-bond acceptors (Lipinski definition) is 1. The fourth-order valence-electron chi connectivity index (χ4n) is 2.70. The average molecular weight is 275 g/mol. The van der Waals surface area contributed by atoms with Crippen molar-refractivity contribution in [2.24, 2.45) is 0 Å². The lowest BCUT2D eigenvalue weighted by molar-refractivity contribution is 0.567. The van der Waals surface area contributed by atoms with Crippen LogP contribution in [0.2, 0.25) is 0 Å². The normalized spacial score (nSPS) is 12.5. The van der Waals surface area contributed by atoms with E-state index in [4.69, 9.17) is 0 Å². The van der Waals surface area contributed by atoms with E-state index >= 15 is 0 Å². The highest BCUT2D eigenvalue weighted by Gasteiger charge is 2.19. The van der Waals surface area contributed by atoms with Crippen molar-refractivity contribution in [3.05, 3.63) is 69.8 Å². The van der Waals surface area contributed by atoms with Crippen LogP contribution in [-0.2, 0) is 0 Å². The van der Waals surface area contributed by atoms with Crippen molar-refractivity contribution >= 4 is 0 Å². The Morgan fingerprint density at radius 3 is 2.10 bits per heavy atom. The second kappa shape index (κ2) is 5.71. The molecule has 1 nitrogen and oxygen atoms in total. The van der Waals surface area contributed by atoms with Crippen LogP contribution in [0.25, 0.3) is 0 Å². The first-order valence-corrected chi connectivity index (χ1v) is 6.63. The quantitative estimate of drug-likeness (QED) is 0.885. The lowest BCUT2D eigenvalue weighted by Crippen LogP contribution is -2.20. The lowest BCUT2D eigenvalue weighted by Gasteiger charge is -2.21. The third-order valence-corrected chi connectivity index (χ3v) is 3.46. The molecule has 0 aliphatic carbocycles. The topological polar surface area (TPSA) is 12.0 Å². The van der Waals surface area contributed by atoms with Crippen molar-refractivity contribution in [3.63, 3.8) is 0 Å². The molecule has 0 amide bonds. The molecule has 0 saturated heterocycles. The summed E-state index contributed by atoms with van der Waals surface area (Å²) in [6.45, 7) is 5.57. The zero-order valence-corrected chi connectivity index (χ0v) is 12.2. The summed E-state index contributed by atoms with van der Waals surface area (Å²) in [5, 5.41) is 3.08. The molecule has 2 rings (SSSR count). The molecule has 2 aromatic rings. The van der Waals surface area contributed by atoms with E-state index in [0.717, 1.165) is 22.3 Å². The SMILES string of the molecule is CNC(c1cc(C)cc(F)c1)c1c(C)cc(C)cc1F. The van der Waals surface area contributed by atoms with Gasteiger partial charge in [0.15, 0.2) is 0 Å². The van der Waals surface area contributed by atoms with Crippen LogP contribution in [0, 0.1) is 32.4 Å². The molecule has 0 saturated carbocycles. The standard InChI is InChI=1S/C17H19F2N/c1-10-5-12(3)16(15(19)8-10)17(20-4)13-6-11(2)7-14(18)9-13/h5-9,17,20H,1-4H3. The molecular weight excluding hydrogens is 256 g/mol. The minimum atomic E-state index is -0.356. The number of aryl methyl sites for hydroxylation is 3. The van der Waals surface area contributed by atoms with Gasteiger partial charge in [0.05, 0.1) is 6.04 Å². The van der Waals surface area contributed by atoms with Gasteiger partial charge in [-0.25, -0.2) is 8.78 Å². The van der Waals surface area contributed by atoms with Crippen LogP contribution in [0.1, 0.15) is 33.9 Å². The van der Waals surface area contributed by atoms with E-state index in [1.165, 1.54) is 18.2 Å².